The van der Waals surface area contributed by atoms with Crippen LogP contribution in [0.3, 0.4) is 0 Å². The van der Waals surface area contributed by atoms with Gasteiger partial charge in [0.05, 0.1) is 12.6 Å². The number of hydrogen-bond donors (Lipinski definition) is 5. The second-order valence-electron chi connectivity index (χ2n) is 18.6. The Kier molecular flexibility index (Phi) is 16.9. The van der Waals surface area contributed by atoms with E-state index in [9.17, 15) is 33.6 Å². The zero-order valence-corrected chi connectivity index (χ0v) is 36.9. The smallest absolute Gasteiger partial charge is 0.333 e. The van der Waals surface area contributed by atoms with Crippen molar-refractivity contribution < 1.29 is 47.8 Å². The lowest BCUT2D eigenvalue weighted by Gasteiger charge is -2.33. The Balaban J connectivity index is 1.11. The summed E-state index contributed by atoms with van der Waals surface area (Å²) >= 11 is 0. The lowest BCUT2D eigenvalue weighted by molar-refractivity contribution is -0.194. The van der Waals surface area contributed by atoms with Gasteiger partial charge in [0.25, 0.3) is 11.8 Å². The molecule has 4 aliphatic rings. The largest absolute Gasteiger partial charge is 0.458 e. The summed E-state index contributed by atoms with van der Waals surface area (Å²) in [6.07, 6.45) is 9.13. The normalized spacial score (nSPS) is 20.4. The molecule has 0 radical (unpaired) electrons. The molecule has 3 saturated carbocycles. The molecule has 2 aromatic carbocycles. The van der Waals surface area contributed by atoms with E-state index in [1.165, 1.54) is 0 Å². The summed E-state index contributed by atoms with van der Waals surface area (Å²) in [5.41, 5.74) is 0.284. The molecule has 3 aliphatic carbocycles. The monoisotopic (exact) mass is 871 g/mol. The molecule has 2 aromatic rings. The van der Waals surface area contributed by atoms with Crippen molar-refractivity contribution in [1.29, 1.82) is 0 Å². The number of ketones is 1. The Hall–Kier alpha value is -5.15. The van der Waals surface area contributed by atoms with Crippen molar-refractivity contribution >= 4 is 41.3 Å². The minimum absolute atomic E-state index is 0.122. The van der Waals surface area contributed by atoms with E-state index in [2.05, 4.69) is 26.6 Å². The van der Waals surface area contributed by atoms with Gasteiger partial charge in [0.2, 0.25) is 23.5 Å². The average Bonchev–Trinajstić information content (AvgIpc) is 4.23. The number of amides is 5. The lowest BCUT2D eigenvalue weighted by atomic mass is 9.83. The minimum atomic E-state index is -1.20. The third kappa shape index (κ3) is 15.0. The standard InChI is InChI=1S/C48H65N5O10/c1-48(2,3)63-47(60)40(33-17-9-5-10-18-33)52-37(54)29-49-45(58)41(55)35(27-30-22-23-30)50-43(56)36(28-31-24-25-31)51-44(57)39(32-15-7-4-8-16-32)53-46(59)42(34-19-11-6-12-20-34)62-38-21-13-14-26-61-38/h5-6,9-12,17-20,30-32,35-36,38-40,42H,4,7-8,13-16,21-29H2,1-3H3,(H,49,58)(H,50,56)(H,51,57)(H,52,54)(H,53,59). The molecule has 15 heteroatoms. The summed E-state index contributed by atoms with van der Waals surface area (Å²) in [7, 11) is 0. The van der Waals surface area contributed by atoms with Crippen molar-refractivity contribution in [3.63, 3.8) is 0 Å². The first-order valence-electron chi connectivity index (χ1n) is 22.9. The van der Waals surface area contributed by atoms with Gasteiger partial charge >= 0.3 is 5.97 Å². The van der Waals surface area contributed by atoms with Gasteiger partial charge in [0, 0.05) is 6.61 Å². The first-order chi connectivity index (χ1) is 30.2. The van der Waals surface area contributed by atoms with E-state index in [0.717, 1.165) is 70.6 Å². The van der Waals surface area contributed by atoms with Crippen molar-refractivity contribution in [2.75, 3.05) is 13.2 Å². The molecule has 0 aromatic heterocycles. The Bertz CT molecular complexity index is 1890. The fourth-order valence-electron chi connectivity index (χ4n) is 8.26. The van der Waals surface area contributed by atoms with E-state index in [1.807, 2.05) is 18.2 Å². The van der Waals surface area contributed by atoms with Crippen LogP contribution in [0.1, 0.15) is 134 Å². The predicted octanol–water partition coefficient (Wildman–Crippen LogP) is 4.79. The fourth-order valence-corrected chi connectivity index (χ4v) is 8.26. The van der Waals surface area contributed by atoms with Crippen molar-refractivity contribution in [2.45, 2.75) is 153 Å². The summed E-state index contributed by atoms with van der Waals surface area (Å²) < 4.78 is 17.6. The summed E-state index contributed by atoms with van der Waals surface area (Å²) in [5, 5.41) is 13.7. The molecule has 6 rings (SSSR count). The number of rotatable bonds is 21. The summed E-state index contributed by atoms with van der Waals surface area (Å²) in [5.74, 6) is -4.84. The number of carbonyl (C=O) groups excluding carboxylic acids is 7. The molecule has 1 heterocycles. The molecule has 5 amide bonds. The first-order valence-corrected chi connectivity index (χ1v) is 22.9. The molecule has 6 atom stereocenters. The van der Waals surface area contributed by atoms with Crippen molar-refractivity contribution in [2.24, 2.45) is 17.8 Å². The van der Waals surface area contributed by atoms with E-state index in [1.54, 1.807) is 63.2 Å². The van der Waals surface area contributed by atoms with Gasteiger partial charge in [0.15, 0.2) is 18.4 Å². The lowest BCUT2D eigenvalue weighted by Crippen LogP contribution is -2.59. The molecule has 0 spiro atoms. The molecule has 63 heavy (non-hydrogen) atoms. The van der Waals surface area contributed by atoms with Crippen LogP contribution >= 0.6 is 0 Å². The first kappa shape index (κ1) is 47.3. The van der Waals surface area contributed by atoms with Gasteiger partial charge in [-0.2, -0.15) is 0 Å². The SMILES string of the molecule is CC(C)(C)OC(=O)C(NC(=O)CNC(=O)C(=O)C(CC1CC1)NC(=O)C(CC1CC1)NC(=O)C(NC(=O)C(OC1CCCCO1)c1ccccc1)C1CCCCC1)c1ccccc1. The molecule has 15 nitrogen and oxygen atoms in total. The van der Waals surface area contributed by atoms with E-state index < -0.39 is 90.0 Å². The summed E-state index contributed by atoms with van der Waals surface area (Å²) in [6, 6.07) is 13.3. The Morgan fingerprint density at radius 3 is 1.83 bits per heavy atom. The number of ether oxygens (including phenoxy) is 3. The summed E-state index contributed by atoms with van der Waals surface area (Å²) in [4.78, 5) is 96.0. The highest BCUT2D eigenvalue weighted by Crippen LogP contribution is 2.36. The number of esters is 1. The second-order valence-corrected chi connectivity index (χ2v) is 18.6. The number of nitrogens with one attached hydrogen (secondary N) is 5. The number of Topliss-reactive ketones (excluding diaryl/α,β-unsaturated/α-hetero) is 1. The quantitative estimate of drug-likeness (QED) is 0.0857. The third-order valence-corrected chi connectivity index (χ3v) is 12.0. The van der Waals surface area contributed by atoms with Crippen molar-refractivity contribution in [3.8, 4) is 0 Å². The Morgan fingerprint density at radius 2 is 1.24 bits per heavy atom. The van der Waals surface area contributed by atoms with Crippen LogP contribution in [-0.2, 0) is 47.8 Å². The van der Waals surface area contributed by atoms with Crippen LogP contribution in [0.15, 0.2) is 60.7 Å². The highest BCUT2D eigenvalue weighted by atomic mass is 16.7. The van der Waals surface area contributed by atoms with E-state index in [4.69, 9.17) is 14.2 Å². The topological polar surface area (TPSA) is 207 Å². The van der Waals surface area contributed by atoms with Gasteiger partial charge in [0.1, 0.15) is 17.7 Å². The Labute approximate surface area is 370 Å². The number of carbonyl (C=O) groups is 7. The van der Waals surface area contributed by atoms with Crippen LogP contribution < -0.4 is 26.6 Å². The van der Waals surface area contributed by atoms with Gasteiger partial charge in [-0.3, -0.25) is 28.8 Å². The second kappa shape index (κ2) is 22.5. The van der Waals surface area contributed by atoms with E-state index in [0.29, 0.717) is 30.6 Å². The van der Waals surface area contributed by atoms with E-state index >= 15 is 0 Å². The highest BCUT2D eigenvalue weighted by molar-refractivity contribution is 6.38. The highest BCUT2D eigenvalue weighted by Gasteiger charge is 2.40. The number of hydrogen-bond acceptors (Lipinski definition) is 10. The molecule has 1 saturated heterocycles. The maximum absolute atomic E-state index is 14.4. The minimum Gasteiger partial charge on any atom is -0.458 e. The van der Waals surface area contributed by atoms with E-state index in [-0.39, 0.29) is 24.2 Å². The zero-order valence-electron chi connectivity index (χ0n) is 36.9. The Morgan fingerprint density at radius 1 is 0.651 bits per heavy atom. The fraction of sp³-hybridized carbons (Fsp3) is 0.604. The van der Waals surface area contributed by atoms with Crippen molar-refractivity contribution in [3.05, 3.63) is 71.8 Å². The third-order valence-electron chi connectivity index (χ3n) is 12.0. The van der Waals surface area contributed by atoms with Gasteiger partial charge in [-0.1, -0.05) is 106 Å². The predicted molar refractivity (Wildman–Crippen MR) is 232 cm³/mol. The van der Waals surface area contributed by atoms with Crippen LogP contribution in [0.2, 0.25) is 0 Å². The molecule has 342 valence electrons. The summed E-state index contributed by atoms with van der Waals surface area (Å²) in [6.45, 7) is 5.05. The average molecular weight is 872 g/mol. The van der Waals surface area contributed by atoms with Crippen molar-refractivity contribution in [1.82, 2.24) is 26.6 Å². The van der Waals surface area contributed by atoms with Crippen LogP contribution in [-0.4, -0.2) is 84.5 Å². The zero-order chi connectivity index (χ0) is 44.9. The molecular weight excluding hydrogens is 807 g/mol. The van der Waals surface area contributed by atoms with Crippen LogP contribution in [0.5, 0.6) is 0 Å². The number of benzene rings is 2. The van der Waals surface area contributed by atoms with Gasteiger partial charge in [-0.15, -0.1) is 0 Å². The van der Waals surface area contributed by atoms with Gasteiger partial charge in [-0.05, 0) is 94.6 Å². The maximum atomic E-state index is 14.4. The van der Waals surface area contributed by atoms with Gasteiger partial charge in [-0.25, -0.2) is 4.79 Å². The van der Waals surface area contributed by atoms with Crippen LogP contribution in [0.25, 0.3) is 0 Å². The van der Waals surface area contributed by atoms with Crippen LogP contribution in [0, 0.1) is 17.8 Å². The van der Waals surface area contributed by atoms with Crippen LogP contribution in [0.4, 0.5) is 0 Å². The molecular formula is C48H65N5O10. The molecule has 5 N–H and O–H groups in total. The molecule has 4 fully saturated rings. The molecule has 0 bridgehead atoms. The molecule has 6 unspecified atom stereocenters. The molecule has 1 aliphatic heterocycles. The maximum Gasteiger partial charge on any atom is 0.333 e. The van der Waals surface area contributed by atoms with Gasteiger partial charge < -0.3 is 40.8 Å².